The van der Waals surface area contributed by atoms with Gasteiger partial charge in [0.1, 0.15) is 29.5 Å². The first kappa shape index (κ1) is 24.6. The van der Waals surface area contributed by atoms with Crippen LogP contribution in [0.25, 0.3) is 22.5 Å². The number of nitriles is 1. The van der Waals surface area contributed by atoms with Gasteiger partial charge in [-0.05, 0) is 65.6 Å². The maximum atomic E-state index is 10.7. The molecule has 0 radical (unpaired) electrons. The van der Waals surface area contributed by atoms with Crippen molar-refractivity contribution in [1.29, 1.82) is 5.26 Å². The number of aryl methyl sites for hydroxylation is 1. The van der Waals surface area contributed by atoms with Gasteiger partial charge in [0.15, 0.2) is 0 Å². The van der Waals surface area contributed by atoms with Crippen molar-refractivity contribution in [3.05, 3.63) is 113 Å². The van der Waals surface area contributed by atoms with Gasteiger partial charge in [-0.1, -0.05) is 54.6 Å². The van der Waals surface area contributed by atoms with Crippen LogP contribution in [0, 0.1) is 11.3 Å². The summed E-state index contributed by atoms with van der Waals surface area (Å²) in [6.07, 6.45) is 0.598. The topological polar surface area (TPSA) is 104 Å². The molecule has 188 valence electrons. The average molecular weight is 503 g/mol. The van der Waals surface area contributed by atoms with Crippen molar-refractivity contribution in [3.63, 3.8) is 0 Å². The lowest BCUT2D eigenvalue weighted by Crippen LogP contribution is -2.04. The summed E-state index contributed by atoms with van der Waals surface area (Å²) in [5, 5.41) is 38.9. The van der Waals surface area contributed by atoms with Crippen molar-refractivity contribution >= 4 is 0 Å². The number of aromatic nitrogens is 3. The van der Waals surface area contributed by atoms with E-state index in [4.69, 9.17) is 10.00 Å². The van der Waals surface area contributed by atoms with E-state index in [2.05, 4.69) is 16.4 Å². The lowest BCUT2D eigenvalue weighted by molar-refractivity contribution is 0.306. The first-order chi connectivity index (χ1) is 18.6. The van der Waals surface area contributed by atoms with E-state index in [9.17, 15) is 10.2 Å². The monoisotopic (exact) mass is 502 g/mol. The van der Waals surface area contributed by atoms with Gasteiger partial charge >= 0.3 is 0 Å². The SMILES string of the molecule is CCc1cc(-c2nnn(Cc3ccc(C#N)cc3)c2-c2ccc(OCc3ccccc3)cc2)c(O)cc1O. The van der Waals surface area contributed by atoms with Crippen LogP contribution in [0.15, 0.2) is 91.0 Å². The number of nitrogens with zero attached hydrogens (tertiary/aromatic N) is 4. The molecule has 0 aliphatic carbocycles. The number of aromatic hydroxyl groups is 2. The van der Waals surface area contributed by atoms with E-state index in [-0.39, 0.29) is 11.5 Å². The van der Waals surface area contributed by atoms with Crippen LogP contribution in [0.3, 0.4) is 0 Å². The highest BCUT2D eigenvalue weighted by Crippen LogP contribution is 2.39. The molecule has 5 rings (SSSR count). The largest absolute Gasteiger partial charge is 0.508 e. The fourth-order valence-electron chi connectivity index (χ4n) is 4.29. The van der Waals surface area contributed by atoms with E-state index in [0.29, 0.717) is 47.7 Å². The Morgan fingerprint density at radius 2 is 1.61 bits per heavy atom. The Kier molecular flexibility index (Phi) is 7.05. The Bertz CT molecular complexity index is 1590. The molecule has 2 N–H and O–H groups in total. The predicted octanol–water partition coefficient (Wildman–Crippen LogP) is 6.08. The van der Waals surface area contributed by atoms with Crippen LogP contribution in [-0.4, -0.2) is 25.2 Å². The molecule has 38 heavy (non-hydrogen) atoms. The second-order valence-electron chi connectivity index (χ2n) is 8.90. The fraction of sp³-hybridized carbons (Fsp3) is 0.129. The number of phenols is 2. The lowest BCUT2D eigenvalue weighted by Gasteiger charge is -2.12. The van der Waals surface area contributed by atoms with Crippen molar-refractivity contribution < 1.29 is 14.9 Å². The van der Waals surface area contributed by atoms with Gasteiger partial charge in [0.05, 0.1) is 23.9 Å². The minimum Gasteiger partial charge on any atom is -0.508 e. The molecule has 4 aromatic carbocycles. The molecule has 0 spiro atoms. The summed E-state index contributed by atoms with van der Waals surface area (Å²) in [5.41, 5.74) is 5.87. The standard InChI is InChI=1S/C31H26N4O3/c1-2-24-16-27(29(37)17-28(24)36)30-31(35(34-33-30)19-22-10-8-21(18-32)9-11-22)25-12-14-26(15-13-25)38-20-23-6-4-3-5-7-23/h3-17,36-37H,2,19-20H2,1H3. The van der Waals surface area contributed by atoms with Crippen molar-refractivity contribution in [3.8, 4) is 45.8 Å². The molecule has 0 saturated heterocycles. The van der Waals surface area contributed by atoms with E-state index in [1.54, 1.807) is 22.9 Å². The number of hydrogen-bond acceptors (Lipinski definition) is 6. The molecule has 7 nitrogen and oxygen atoms in total. The molecule has 0 amide bonds. The van der Waals surface area contributed by atoms with Crippen LogP contribution in [0.5, 0.6) is 17.2 Å². The Balaban J connectivity index is 1.53. The van der Waals surface area contributed by atoms with E-state index >= 15 is 0 Å². The smallest absolute Gasteiger partial charge is 0.128 e. The first-order valence-corrected chi connectivity index (χ1v) is 12.3. The van der Waals surface area contributed by atoms with E-state index in [1.165, 1.54) is 6.07 Å². The van der Waals surface area contributed by atoms with Crippen LogP contribution < -0.4 is 4.74 Å². The first-order valence-electron chi connectivity index (χ1n) is 12.3. The van der Waals surface area contributed by atoms with Crippen molar-refractivity contribution in [1.82, 2.24) is 15.0 Å². The third-order valence-corrected chi connectivity index (χ3v) is 6.36. The second kappa shape index (κ2) is 10.9. The lowest BCUT2D eigenvalue weighted by atomic mass is 10.00. The van der Waals surface area contributed by atoms with Crippen LogP contribution in [-0.2, 0) is 19.6 Å². The summed E-state index contributed by atoms with van der Waals surface area (Å²) in [5.74, 6) is 0.695. The molecule has 0 aliphatic rings. The number of rotatable bonds is 8. The molecule has 1 aromatic heterocycles. The van der Waals surface area contributed by atoms with Crippen LogP contribution in [0.2, 0.25) is 0 Å². The van der Waals surface area contributed by atoms with Crippen molar-refractivity contribution in [2.45, 2.75) is 26.5 Å². The number of hydrogen-bond donors (Lipinski definition) is 2. The van der Waals surface area contributed by atoms with Gasteiger partial charge in [-0.3, -0.25) is 0 Å². The number of phenolic OH excluding ortho intramolecular Hbond substituents is 2. The van der Waals surface area contributed by atoms with E-state index in [1.807, 2.05) is 73.7 Å². The zero-order chi connectivity index (χ0) is 26.5. The molecule has 0 unspecified atom stereocenters. The molecule has 0 atom stereocenters. The maximum Gasteiger partial charge on any atom is 0.128 e. The van der Waals surface area contributed by atoms with E-state index in [0.717, 1.165) is 22.4 Å². The molecule has 0 aliphatic heterocycles. The maximum absolute atomic E-state index is 10.7. The predicted molar refractivity (Wildman–Crippen MR) is 145 cm³/mol. The van der Waals surface area contributed by atoms with Crippen LogP contribution >= 0.6 is 0 Å². The molecular formula is C31H26N4O3. The zero-order valence-electron chi connectivity index (χ0n) is 20.9. The second-order valence-corrected chi connectivity index (χ2v) is 8.90. The summed E-state index contributed by atoms with van der Waals surface area (Å²) in [6.45, 7) is 2.82. The summed E-state index contributed by atoms with van der Waals surface area (Å²) in [6, 6.07) is 30.2. The highest BCUT2D eigenvalue weighted by Gasteiger charge is 2.21. The van der Waals surface area contributed by atoms with Gasteiger partial charge in [0, 0.05) is 17.2 Å². The number of ether oxygens (including phenoxy) is 1. The minimum atomic E-state index is -0.0748. The number of benzene rings is 4. The highest BCUT2D eigenvalue weighted by atomic mass is 16.5. The Hall–Kier alpha value is -5.09. The molecular weight excluding hydrogens is 476 g/mol. The van der Waals surface area contributed by atoms with E-state index < -0.39 is 0 Å². The van der Waals surface area contributed by atoms with Crippen molar-refractivity contribution in [2.24, 2.45) is 0 Å². The third-order valence-electron chi connectivity index (χ3n) is 6.36. The minimum absolute atomic E-state index is 0.0418. The highest BCUT2D eigenvalue weighted by molar-refractivity contribution is 5.82. The van der Waals surface area contributed by atoms with Gasteiger partial charge in [-0.2, -0.15) is 5.26 Å². The molecule has 0 bridgehead atoms. The van der Waals surface area contributed by atoms with Crippen molar-refractivity contribution in [2.75, 3.05) is 0 Å². The van der Waals surface area contributed by atoms with Crippen LogP contribution in [0.1, 0.15) is 29.2 Å². The molecule has 7 heteroatoms. The van der Waals surface area contributed by atoms with Gasteiger partial charge in [-0.25, -0.2) is 4.68 Å². The van der Waals surface area contributed by atoms with Gasteiger partial charge < -0.3 is 14.9 Å². The Morgan fingerprint density at radius 1 is 0.868 bits per heavy atom. The molecule has 0 saturated carbocycles. The molecule has 0 fully saturated rings. The summed E-state index contributed by atoms with van der Waals surface area (Å²) < 4.78 is 7.73. The van der Waals surface area contributed by atoms with Crippen LogP contribution in [0.4, 0.5) is 0 Å². The normalized spacial score (nSPS) is 10.7. The summed E-state index contributed by atoms with van der Waals surface area (Å²) in [7, 11) is 0. The Morgan fingerprint density at radius 3 is 2.29 bits per heavy atom. The molecule has 5 aromatic rings. The van der Waals surface area contributed by atoms with Gasteiger partial charge in [0.25, 0.3) is 0 Å². The van der Waals surface area contributed by atoms with Gasteiger partial charge in [0.2, 0.25) is 0 Å². The van der Waals surface area contributed by atoms with Gasteiger partial charge in [-0.15, -0.1) is 5.10 Å². The fourth-order valence-corrected chi connectivity index (χ4v) is 4.29. The third kappa shape index (κ3) is 5.20. The average Bonchev–Trinajstić information content (AvgIpc) is 3.36. The quantitative estimate of drug-likeness (QED) is 0.266. The molecule has 1 heterocycles. The summed E-state index contributed by atoms with van der Waals surface area (Å²) >= 11 is 0. The zero-order valence-corrected chi connectivity index (χ0v) is 20.9. The summed E-state index contributed by atoms with van der Waals surface area (Å²) in [4.78, 5) is 0. The Labute approximate surface area is 220 Å².